The number of carbonyl (C=O) groups is 1. The van der Waals surface area contributed by atoms with Crippen LogP contribution in [0.3, 0.4) is 0 Å². The van der Waals surface area contributed by atoms with E-state index in [1.807, 2.05) is 6.07 Å². The van der Waals surface area contributed by atoms with Crippen molar-refractivity contribution in [2.75, 3.05) is 12.4 Å². The highest BCUT2D eigenvalue weighted by molar-refractivity contribution is 6.17. The number of alkyl halides is 1. The standard InChI is InChI=1S/C16H21ClN2O/c17-10-4-3-8-16(20)18-11-5-12-19-13-9-14-6-1-2-7-15(14)19/h1-2,6-7,9,13H,3-5,8,10-12H2,(H,18,20). The van der Waals surface area contributed by atoms with Crippen molar-refractivity contribution in [3.63, 3.8) is 0 Å². The number of unbranched alkanes of at least 4 members (excludes halogenated alkanes) is 1. The molecule has 0 spiro atoms. The van der Waals surface area contributed by atoms with Crippen LogP contribution < -0.4 is 5.32 Å². The number of aryl methyl sites for hydroxylation is 1. The Morgan fingerprint density at radius 1 is 1.15 bits per heavy atom. The zero-order valence-electron chi connectivity index (χ0n) is 11.6. The molecular formula is C16H21ClN2O. The Morgan fingerprint density at radius 3 is 2.85 bits per heavy atom. The molecule has 0 bridgehead atoms. The number of nitrogens with zero attached hydrogens (tertiary/aromatic N) is 1. The number of carbonyl (C=O) groups excluding carboxylic acids is 1. The van der Waals surface area contributed by atoms with E-state index in [1.54, 1.807) is 0 Å². The van der Waals surface area contributed by atoms with Gasteiger partial charge in [0.15, 0.2) is 0 Å². The normalized spacial score (nSPS) is 10.8. The number of para-hydroxylation sites is 1. The molecule has 108 valence electrons. The summed E-state index contributed by atoms with van der Waals surface area (Å²) in [7, 11) is 0. The average Bonchev–Trinajstić information content (AvgIpc) is 2.87. The molecule has 4 heteroatoms. The van der Waals surface area contributed by atoms with E-state index in [-0.39, 0.29) is 5.91 Å². The SMILES string of the molecule is O=C(CCCCCl)NCCCn1ccc2ccccc21. The maximum absolute atomic E-state index is 11.5. The molecule has 0 aliphatic carbocycles. The zero-order valence-corrected chi connectivity index (χ0v) is 12.4. The predicted octanol–water partition coefficient (Wildman–Crippen LogP) is 3.56. The second-order valence-corrected chi connectivity index (χ2v) is 5.30. The Labute approximate surface area is 124 Å². The maximum atomic E-state index is 11.5. The molecule has 1 aromatic heterocycles. The fourth-order valence-corrected chi connectivity index (χ4v) is 2.47. The molecule has 1 heterocycles. The molecular weight excluding hydrogens is 272 g/mol. The quantitative estimate of drug-likeness (QED) is 0.586. The van der Waals surface area contributed by atoms with Crippen LogP contribution in [0.25, 0.3) is 10.9 Å². The second kappa shape index (κ2) is 7.95. The van der Waals surface area contributed by atoms with E-state index < -0.39 is 0 Å². The van der Waals surface area contributed by atoms with E-state index >= 15 is 0 Å². The highest BCUT2D eigenvalue weighted by Gasteiger charge is 2.02. The number of rotatable bonds is 8. The summed E-state index contributed by atoms with van der Waals surface area (Å²) >= 11 is 5.58. The Balaban J connectivity index is 1.70. The lowest BCUT2D eigenvalue weighted by Gasteiger charge is -2.07. The van der Waals surface area contributed by atoms with Crippen molar-refractivity contribution >= 4 is 28.4 Å². The van der Waals surface area contributed by atoms with Crippen LogP contribution in [0.4, 0.5) is 0 Å². The highest BCUT2D eigenvalue weighted by Crippen LogP contribution is 2.15. The van der Waals surface area contributed by atoms with Gasteiger partial charge in [-0.05, 0) is 36.8 Å². The summed E-state index contributed by atoms with van der Waals surface area (Å²) in [6.45, 7) is 1.65. The predicted molar refractivity (Wildman–Crippen MR) is 84.1 cm³/mol. The lowest BCUT2D eigenvalue weighted by atomic mass is 10.2. The number of amides is 1. The second-order valence-electron chi connectivity index (χ2n) is 4.92. The minimum absolute atomic E-state index is 0.132. The third-order valence-corrected chi connectivity index (χ3v) is 3.63. The molecule has 1 N–H and O–H groups in total. The van der Waals surface area contributed by atoms with Gasteiger partial charge in [-0.2, -0.15) is 0 Å². The smallest absolute Gasteiger partial charge is 0.219 e. The molecule has 0 unspecified atom stereocenters. The summed E-state index contributed by atoms with van der Waals surface area (Å²) in [6.07, 6.45) is 5.41. The molecule has 2 aromatic rings. The van der Waals surface area contributed by atoms with Gasteiger partial charge in [-0.1, -0.05) is 18.2 Å². The molecule has 20 heavy (non-hydrogen) atoms. The molecule has 0 saturated heterocycles. The fourth-order valence-electron chi connectivity index (χ4n) is 2.28. The van der Waals surface area contributed by atoms with Crippen LogP contribution in [-0.4, -0.2) is 22.9 Å². The van der Waals surface area contributed by atoms with E-state index in [9.17, 15) is 4.79 Å². The Kier molecular flexibility index (Phi) is 5.93. The van der Waals surface area contributed by atoms with Gasteiger partial charge in [0.05, 0.1) is 0 Å². The summed E-state index contributed by atoms with van der Waals surface area (Å²) < 4.78 is 2.23. The molecule has 0 radical (unpaired) electrons. The molecule has 0 fully saturated rings. The Hall–Kier alpha value is -1.48. The van der Waals surface area contributed by atoms with Crippen molar-refractivity contribution in [2.24, 2.45) is 0 Å². The van der Waals surface area contributed by atoms with Gasteiger partial charge in [-0.25, -0.2) is 0 Å². The molecule has 0 saturated carbocycles. The third kappa shape index (κ3) is 4.27. The van der Waals surface area contributed by atoms with Gasteiger partial charge in [0.1, 0.15) is 0 Å². The molecule has 0 aliphatic rings. The first-order valence-electron chi connectivity index (χ1n) is 7.18. The number of hydrogen-bond acceptors (Lipinski definition) is 1. The van der Waals surface area contributed by atoms with Crippen LogP contribution in [0.2, 0.25) is 0 Å². The van der Waals surface area contributed by atoms with Crippen molar-refractivity contribution in [3.05, 3.63) is 36.5 Å². The molecule has 0 aliphatic heterocycles. The average molecular weight is 293 g/mol. The van der Waals surface area contributed by atoms with Crippen LogP contribution in [0, 0.1) is 0 Å². The maximum Gasteiger partial charge on any atom is 0.219 e. The number of hydrogen-bond donors (Lipinski definition) is 1. The Morgan fingerprint density at radius 2 is 2.00 bits per heavy atom. The van der Waals surface area contributed by atoms with Crippen LogP contribution in [0.1, 0.15) is 25.7 Å². The van der Waals surface area contributed by atoms with E-state index in [4.69, 9.17) is 11.6 Å². The minimum Gasteiger partial charge on any atom is -0.356 e. The summed E-state index contributed by atoms with van der Waals surface area (Å²) in [4.78, 5) is 11.5. The van der Waals surface area contributed by atoms with E-state index in [0.29, 0.717) is 12.3 Å². The van der Waals surface area contributed by atoms with Crippen molar-refractivity contribution in [1.82, 2.24) is 9.88 Å². The van der Waals surface area contributed by atoms with Crippen LogP contribution in [0.5, 0.6) is 0 Å². The highest BCUT2D eigenvalue weighted by atomic mass is 35.5. The first-order valence-corrected chi connectivity index (χ1v) is 7.71. The Bertz CT molecular complexity index is 550. The first kappa shape index (κ1) is 14.9. The fraction of sp³-hybridized carbons (Fsp3) is 0.438. The lowest BCUT2D eigenvalue weighted by molar-refractivity contribution is -0.121. The number of nitrogens with one attached hydrogen (secondary N) is 1. The summed E-state index contributed by atoms with van der Waals surface area (Å²) in [6, 6.07) is 10.5. The van der Waals surface area contributed by atoms with Gasteiger partial charge < -0.3 is 9.88 Å². The van der Waals surface area contributed by atoms with Gasteiger partial charge in [0.25, 0.3) is 0 Å². The van der Waals surface area contributed by atoms with Crippen molar-refractivity contribution < 1.29 is 4.79 Å². The monoisotopic (exact) mass is 292 g/mol. The summed E-state index contributed by atoms with van der Waals surface area (Å²) in [5.74, 6) is 0.765. The summed E-state index contributed by atoms with van der Waals surface area (Å²) in [5, 5.41) is 4.22. The van der Waals surface area contributed by atoms with Crippen LogP contribution in [-0.2, 0) is 11.3 Å². The van der Waals surface area contributed by atoms with E-state index in [0.717, 1.165) is 32.4 Å². The number of benzene rings is 1. The zero-order chi connectivity index (χ0) is 14.2. The summed E-state index contributed by atoms with van der Waals surface area (Å²) in [5.41, 5.74) is 1.25. The molecule has 3 nitrogen and oxygen atoms in total. The minimum atomic E-state index is 0.132. The van der Waals surface area contributed by atoms with Gasteiger partial charge in [-0.15, -0.1) is 11.6 Å². The van der Waals surface area contributed by atoms with Gasteiger partial charge in [-0.3, -0.25) is 4.79 Å². The largest absolute Gasteiger partial charge is 0.356 e. The third-order valence-electron chi connectivity index (χ3n) is 3.37. The van der Waals surface area contributed by atoms with Gasteiger partial charge in [0, 0.05) is 37.1 Å². The molecule has 2 rings (SSSR count). The topological polar surface area (TPSA) is 34.0 Å². The van der Waals surface area contributed by atoms with Gasteiger partial charge in [0.2, 0.25) is 5.91 Å². The van der Waals surface area contributed by atoms with Crippen molar-refractivity contribution in [3.8, 4) is 0 Å². The van der Waals surface area contributed by atoms with Crippen LogP contribution >= 0.6 is 11.6 Å². The van der Waals surface area contributed by atoms with Crippen LogP contribution in [0.15, 0.2) is 36.5 Å². The van der Waals surface area contributed by atoms with Crippen molar-refractivity contribution in [1.29, 1.82) is 0 Å². The number of halogens is 1. The van der Waals surface area contributed by atoms with E-state index in [2.05, 4.69) is 40.3 Å². The van der Waals surface area contributed by atoms with E-state index in [1.165, 1.54) is 10.9 Å². The van der Waals surface area contributed by atoms with Crippen molar-refractivity contribution in [2.45, 2.75) is 32.2 Å². The molecule has 1 amide bonds. The van der Waals surface area contributed by atoms with Gasteiger partial charge >= 0.3 is 0 Å². The number of aromatic nitrogens is 1. The number of fused-ring (bicyclic) bond motifs is 1. The lowest BCUT2D eigenvalue weighted by Crippen LogP contribution is -2.24. The first-order chi connectivity index (χ1) is 9.81. The molecule has 0 atom stereocenters. The molecule has 1 aromatic carbocycles.